The normalized spacial score (nSPS) is 16.1. The lowest BCUT2D eigenvalue weighted by atomic mass is 9.84. The minimum atomic E-state index is -1.15. The number of hydrogen-bond donors (Lipinski definition) is 2. The Labute approximate surface area is 265 Å². The molecule has 0 spiro atoms. The molecule has 4 aromatic rings. The number of anilines is 1. The van der Waals surface area contributed by atoms with E-state index in [1.165, 1.54) is 6.20 Å². The minimum Gasteiger partial charge on any atom is -0.459 e. The fraction of sp³-hybridized carbons (Fsp3) is 0.265. The van der Waals surface area contributed by atoms with Crippen LogP contribution in [-0.2, 0) is 32.1 Å². The van der Waals surface area contributed by atoms with Gasteiger partial charge in [-0.3, -0.25) is 10.1 Å². The number of hydrogen-bond acceptors (Lipinski definition) is 8. The number of benzene rings is 3. The van der Waals surface area contributed by atoms with Crippen molar-refractivity contribution in [1.82, 2.24) is 15.2 Å². The monoisotopic (exact) mass is 626 g/mol. The second kappa shape index (κ2) is 13.7. The average molecular weight is 627 g/mol. The maximum absolute atomic E-state index is 13.7. The largest absolute Gasteiger partial charge is 0.459 e. The molecule has 1 aliphatic heterocycles. The molecule has 0 bridgehead atoms. The van der Waals surface area contributed by atoms with Crippen LogP contribution in [0.2, 0.25) is 0 Å². The van der Waals surface area contributed by atoms with Crippen molar-refractivity contribution < 1.29 is 28.7 Å². The molecule has 11 heteroatoms. The third-order valence-corrected chi connectivity index (χ3v) is 7.95. The molecule has 4 amide bonds. The van der Waals surface area contributed by atoms with Crippen LogP contribution in [0.15, 0.2) is 97.2 Å². The number of nitrogens with zero attached hydrogens (tertiary/aromatic N) is 2. The molecule has 1 fully saturated rings. The maximum atomic E-state index is 13.7. The quantitative estimate of drug-likeness (QED) is 0.170. The summed E-state index contributed by atoms with van der Waals surface area (Å²) < 4.78 is 10.9. The summed E-state index contributed by atoms with van der Waals surface area (Å²) in [5, 5.41) is 5.83. The van der Waals surface area contributed by atoms with Crippen LogP contribution in [0.25, 0.3) is 0 Å². The summed E-state index contributed by atoms with van der Waals surface area (Å²) in [4.78, 5) is 58.8. The van der Waals surface area contributed by atoms with E-state index in [1.807, 2.05) is 91.0 Å². The number of likely N-dealkylation sites (tertiary alicyclic amines) is 1. The zero-order chi connectivity index (χ0) is 32.0. The minimum absolute atomic E-state index is 0.00624. The highest BCUT2D eigenvalue weighted by Gasteiger charge is 2.55. The molecule has 0 saturated carbocycles. The molecule has 232 valence electrons. The van der Waals surface area contributed by atoms with Gasteiger partial charge in [0, 0.05) is 11.1 Å². The smallest absolute Gasteiger partial charge is 0.413 e. The lowest BCUT2D eigenvalue weighted by Crippen LogP contribution is -2.69. The highest BCUT2D eigenvalue weighted by molar-refractivity contribution is 7.15. The van der Waals surface area contributed by atoms with Gasteiger partial charge in [-0.1, -0.05) is 91.0 Å². The summed E-state index contributed by atoms with van der Waals surface area (Å²) in [7, 11) is 0. The maximum Gasteiger partial charge on any atom is 0.413 e. The Morgan fingerprint density at radius 3 is 2.07 bits per heavy atom. The van der Waals surface area contributed by atoms with Gasteiger partial charge in [0.25, 0.3) is 0 Å². The number of rotatable bonds is 9. The van der Waals surface area contributed by atoms with E-state index in [0.29, 0.717) is 4.88 Å². The SMILES string of the molecule is CC(C)(C)OC(=O)Nc1ncc(C[C@H]2C(=O)N(C(=O)NC(c3ccccc3)c3ccccc3)[C@@H]2C(=O)OCc2ccccc2)s1. The number of ether oxygens (including phenoxy) is 2. The van der Waals surface area contributed by atoms with Crippen LogP contribution in [0, 0.1) is 5.92 Å². The van der Waals surface area contributed by atoms with Crippen LogP contribution in [0.5, 0.6) is 0 Å². The van der Waals surface area contributed by atoms with E-state index in [4.69, 9.17) is 9.47 Å². The molecular formula is C34H34N4O6S. The molecule has 0 aliphatic carbocycles. The molecule has 45 heavy (non-hydrogen) atoms. The van der Waals surface area contributed by atoms with Crippen molar-refractivity contribution in [3.8, 4) is 0 Å². The van der Waals surface area contributed by atoms with E-state index in [0.717, 1.165) is 32.9 Å². The van der Waals surface area contributed by atoms with Crippen LogP contribution in [0.4, 0.5) is 14.7 Å². The van der Waals surface area contributed by atoms with E-state index in [2.05, 4.69) is 15.6 Å². The fourth-order valence-electron chi connectivity index (χ4n) is 4.97. The Hall–Kier alpha value is -5.03. The highest BCUT2D eigenvalue weighted by Crippen LogP contribution is 2.34. The first-order valence-electron chi connectivity index (χ1n) is 14.5. The van der Waals surface area contributed by atoms with E-state index < -0.39 is 47.6 Å². The number of aromatic nitrogens is 1. The number of thiazole rings is 1. The number of urea groups is 1. The van der Waals surface area contributed by atoms with Crippen LogP contribution in [-0.4, -0.2) is 45.5 Å². The summed E-state index contributed by atoms with van der Waals surface area (Å²) >= 11 is 1.16. The van der Waals surface area contributed by atoms with Crippen molar-refractivity contribution in [1.29, 1.82) is 0 Å². The van der Waals surface area contributed by atoms with Gasteiger partial charge in [-0.2, -0.15) is 0 Å². The van der Waals surface area contributed by atoms with Gasteiger partial charge in [0.05, 0.1) is 12.0 Å². The van der Waals surface area contributed by atoms with Crippen LogP contribution < -0.4 is 10.6 Å². The Morgan fingerprint density at radius 2 is 1.49 bits per heavy atom. The first-order chi connectivity index (χ1) is 21.6. The summed E-state index contributed by atoms with van der Waals surface area (Å²) in [6, 6.07) is 25.5. The zero-order valence-electron chi connectivity index (χ0n) is 25.1. The molecule has 10 nitrogen and oxygen atoms in total. The molecule has 0 unspecified atom stereocenters. The number of β-lactam (4-membered cyclic amide) rings is 1. The first kappa shape index (κ1) is 31.4. The van der Waals surface area contributed by atoms with Crippen molar-refractivity contribution in [2.45, 2.75) is 51.5 Å². The Kier molecular flexibility index (Phi) is 9.58. The molecule has 1 aliphatic rings. The molecular weight excluding hydrogens is 592 g/mol. The van der Waals surface area contributed by atoms with Gasteiger partial charge in [0.1, 0.15) is 12.2 Å². The lowest BCUT2D eigenvalue weighted by molar-refractivity contribution is -0.170. The lowest BCUT2D eigenvalue weighted by Gasteiger charge is -2.44. The third kappa shape index (κ3) is 7.93. The molecule has 1 saturated heterocycles. The Bertz CT molecular complexity index is 1600. The summed E-state index contributed by atoms with van der Waals surface area (Å²) in [6.07, 6.45) is 1.00. The predicted molar refractivity (Wildman–Crippen MR) is 169 cm³/mol. The van der Waals surface area contributed by atoms with Gasteiger partial charge >= 0.3 is 18.1 Å². The van der Waals surface area contributed by atoms with Crippen molar-refractivity contribution in [2.24, 2.45) is 5.92 Å². The number of amides is 4. The van der Waals surface area contributed by atoms with Crippen molar-refractivity contribution in [2.75, 3.05) is 5.32 Å². The first-order valence-corrected chi connectivity index (χ1v) is 15.3. The van der Waals surface area contributed by atoms with Crippen LogP contribution in [0.3, 0.4) is 0 Å². The van der Waals surface area contributed by atoms with Gasteiger partial charge in [-0.25, -0.2) is 24.3 Å². The van der Waals surface area contributed by atoms with E-state index in [-0.39, 0.29) is 18.2 Å². The molecule has 2 atom stereocenters. The van der Waals surface area contributed by atoms with Gasteiger partial charge in [-0.05, 0) is 43.9 Å². The topological polar surface area (TPSA) is 127 Å². The summed E-state index contributed by atoms with van der Waals surface area (Å²) in [6.45, 7) is 5.25. The Balaban J connectivity index is 1.35. The van der Waals surface area contributed by atoms with Crippen molar-refractivity contribution >= 4 is 40.5 Å². The molecule has 0 radical (unpaired) electrons. The number of esters is 1. The van der Waals surface area contributed by atoms with Gasteiger partial charge in [-0.15, -0.1) is 11.3 Å². The second-order valence-electron chi connectivity index (χ2n) is 11.5. The third-order valence-electron chi connectivity index (χ3n) is 7.01. The number of carbonyl (C=O) groups excluding carboxylic acids is 4. The van der Waals surface area contributed by atoms with Gasteiger partial charge < -0.3 is 14.8 Å². The summed E-state index contributed by atoms with van der Waals surface area (Å²) in [5.41, 5.74) is 1.73. The highest BCUT2D eigenvalue weighted by atomic mass is 32.1. The number of nitrogens with one attached hydrogen (secondary N) is 2. The standard InChI is InChI=1S/C34H34N4O6S/c1-34(2,3)44-33(42)37-31-35-20-25(45-31)19-26-28(30(40)43-21-22-13-7-4-8-14-22)38(29(26)39)32(41)36-27(23-15-9-5-10-16-23)24-17-11-6-12-18-24/h4-18,20,26-28H,19,21H2,1-3H3,(H,36,41)(H,35,37,42)/t26-,28+/m1/s1. The Morgan fingerprint density at radius 1 is 0.911 bits per heavy atom. The molecule has 5 rings (SSSR count). The fourth-order valence-corrected chi connectivity index (χ4v) is 5.82. The van der Waals surface area contributed by atoms with Gasteiger partial charge in [0.2, 0.25) is 5.91 Å². The van der Waals surface area contributed by atoms with Crippen LogP contribution >= 0.6 is 11.3 Å². The predicted octanol–water partition coefficient (Wildman–Crippen LogP) is 6.10. The van der Waals surface area contributed by atoms with E-state index >= 15 is 0 Å². The second-order valence-corrected chi connectivity index (χ2v) is 12.6. The molecule has 3 aromatic carbocycles. The number of carbonyl (C=O) groups is 4. The zero-order valence-corrected chi connectivity index (χ0v) is 26.0. The molecule has 1 aromatic heterocycles. The van der Waals surface area contributed by atoms with Crippen molar-refractivity contribution in [3.63, 3.8) is 0 Å². The van der Waals surface area contributed by atoms with E-state index in [9.17, 15) is 19.2 Å². The van der Waals surface area contributed by atoms with Crippen molar-refractivity contribution in [3.05, 3.63) is 119 Å². The van der Waals surface area contributed by atoms with Gasteiger partial charge in [0.15, 0.2) is 11.2 Å². The van der Waals surface area contributed by atoms with E-state index in [1.54, 1.807) is 20.8 Å². The number of imide groups is 1. The van der Waals surface area contributed by atoms with Crippen LogP contribution in [0.1, 0.15) is 48.4 Å². The molecule has 2 N–H and O–H groups in total. The molecule has 2 heterocycles. The summed E-state index contributed by atoms with van der Waals surface area (Å²) in [5.74, 6) is -2.06. The average Bonchev–Trinajstić information content (AvgIpc) is 3.46.